The first-order chi connectivity index (χ1) is 11.5. The van der Waals surface area contributed by atoms with Crippen molar-refractivity contribution in [2.24, 2.45) is 0 Å². The minimum absolute atomic E-state index is 0.258. The van der Waals surface area contributed by atoms with Gasteiger partial charge in [0.15, 0.2) is 0 Å². The highest BCUT2D eigenvalue weighted by Crippen LogP contribution is 2.40. The molecule has 0 aliphatic carbocycles. The van der Waals surface area contributed by atoms with Crippen LogP contribution in [-0.2, 0) is 11.3 Å². The molecule has 0 aliphatic heterocycles. The molecule has 2 aromatic rings. The van der Waals surface area contributed by atoms with E-state index in [1.165, 1.54) is 0 Å². The van der Waals surface area contributed by atoms with Crippen LogP contribution >= 0.6 is 23.1 Å². The first-order valence-electron chi connectivity index (χ1n) is 7.23. The summed E-state index contributed by atoms with van der Waals surface area (Å²) in [7, 11) is 0. The molecule has 2 rings (SSSR count). The molecule has 0 spiro atoms. The van der Waals surface area contributed by atoms with Crippen molar-refractivity contribution in [1.82, 2.24) is 9.78 Å². The Balaban J connectivity index is 2.35. The van der Waals surface area contributed by atoms with Gasteiger partial charge in [0.2, 0.25) is 0 Å². The Morgan fingerprint density at radius 1 is 1.50 bits per heavy atom. The number of esters is 1. The van der Waals surface area contributed by atoms with Crippen LogP contribution in [0.1, 0.15) is 39.6 Å². The molecule has 0 saturated carbocycles. The van der Waals surface area contributed by atoms with Crippen LogP contribution in [0.3, 0.4) is 0 Å². The molecule has 0 aliphatic rings. The van der Waals surface area contributed by atoms with Crippen molar-refractivity contribution in [3.63, 3.8) is 0 Å². The van der Waals surface area contributed by atoms with E-state index in [-0.39, 0.29) is 12.5 Å². The Labute approximate surface area is 147 Å². The first-order valence-corrected chi connectivity index (χ1v) is 8.86. The van der Waals surface area contributed by atoms with E-state index < -0.39 is 5.97 Å². The van der Waals surface area contributed by atoms with Gasteiger partial charge < -0.3 is 10.1 Å². The zero-order valence-corrected chi connectivity index (χ0v) is 15.1. The number of nitrogens with one attached hydrogen (secondary N) is 1. The number of nitrogens with zero attached hydrogens (tertiary/aromatic N) is 3. The molecule has 9 heteroatoms. The number of thioether (sulfide) groups is 1. The summed E-state index contributed by atoms with van der Waals surface area (Å²) in [6.45, 7) is 6.16. The van der Waals surface area contributed by atoms with Crippen molar-refractivity contribution in [1.29, 1.82) is 5.26 Å². The smallest absolute Gasteiger partial charge is 0.348 e. The fraction of sp³-hybridized carbons (Fsp3) is 0.333. The van der Waals surface area contributed by atoms with Gasteiger partial charge in [0.1, 0.15) is 21.0 Å². The normalized spacial score (nSPS) is 10.2. The van der Waals surface area contributed by atoms with E-state index in [1.54, 1.807) is 30.8 Å². The second kappa shape index (κ2) is 7.99. The zero-order chi connectivity index (χ0) is 17.7. The molecule has 0 aromatic carbocycles. The van der Waals surface area contributed by atoms with Gasteiger partial charge in [-0.05, 0) is 44.2 Å². The molecular formula is C15H16N4O3S2. The minimum atomic E-state index is -0.459. The SMILES string of the molecule is CCOC(=O)c1sc(NC(=O)c2ccnn2CC)c(SC#N)c1C. The lowest BCUT2D eigenvalue weighted by Crippen LogP contribution is -2.17. The van der Waals surface area contributed by atoms with E-state index >= 15 is 0 Å². The van der Waals surface area contributed by atoms with Crippen molar-refractivity contribution in [3.05, 3.63) is 28.4 Å². The number of aryl methyl sites for hydroxylation is 1. The molecule has 2 aromatic heterocycles. The van der Waals surface area contributed by atoms with Crippen molar-refractivity contribution in [3.8, 4) is 5.40 Å². The molecule has 7 nitrogen and oxygen atoms in total. The van der Waals surface area contributed by atoms with Gasteiger partial charge in [0, 0.05) is 12.7 Å². The highest BCUT2D eigenvalue weighted by atomic mass is 32.2. The molecule has 0 unspecified atom stereocenters. The van der Waals surface area contributed by atoms with Crippen LogP contribution in [-0.4, -0.2) is 28.3 Å². The van der Waals surface area contributed by atoms with Crippen molar-refractivity contribution in [2.75, 3.05) is 11.9 Å². The third kappa shape index (κ3) is 3.60. The van der Waals surface area contributed by atoms with Crippen LogP contribution < -0.4 is 5.32 Å². The van der Waals surface area contributed by atoms with E-state index in [4.69, 9.17) is 10.00 Å². The molecule has 0 atom stereocenters. The number of amides is 1. The Bertz CT molecular complexity index is 804. The maximum absolute atomic E-state index is 12.5. The van der Waals surface area contributed by atoms with Crippen LogP contribution in [0.25, 0.3) is 0 Å². The van der Waals surface area contributed by atoms with Gasteiger partial charge >= 0.3 is 5.97 Å². The van der Waals surface area contributed by atoms with Gasteiger partial charge in [-0.15, -0.1) is 11.3 Å². The summed E-state index contributed by atoms with van der Waals surface area (Å²) in [5.74, 6) is -0.801. The predicted molar refractivity (Wildman–Crippen MR) is 92.3 cm³/mol. The Morgan fingerprint density at radius 2 is 2.25 bits per heavy atom. The van der Waals surface area contributed by atoms with Gasteiger partial charge in [-0.1, -0.05) is 0 Å². The lowest BCUT2D eigenvalue weighted by Gasteiger charge is -2.06. The highest BCUT2D eigenvalue weighted by molar-refractivity contribution is 8.04. The van der Waals surface area contributed by atoms with E-state index in [9.17, 15) is 9.59 Å². The van der Waals surface area contributed by atoms with E-state index in [0.29, 0.717) is 32.6 Å². The fourth-order valence-corrected chi connectivity index (χ4v) is 3.88. The molecule has 0 radical (unpaired) electrons. The zero-order valence-electron chi connectivity index (χ0n) is 13.5. The average Bonchev–Trinajstić information content (AvgIpc) is 3.15. The van der Waals surface area contributed by atoms with E-state index in [1.807, 2.05) is 12.3 Å². The summed E-state index contributed by atoms with van der Waals surface area (Å²) in [5.41, 5.74) is 1.04. The number of carbonyl (C=O) groups is 2. The monoisotopic (exact) mass is 364 g/mol. The maximum Gasteiger partial charge on any atom is 0.348 e. The number of hydrogen-bond acceptors (Lipinski definition) is 7. The summed E-state index contributed by atoms with van der Waals surface area (Å²) in [6.07, 6.45) is 1.55. The molecule has 1 amide bonds. The Hall–Kier alpha value is -2.31. The fourth-order valence-electron chi connectivity index (χ4n) is 2.09. The van der Waals surface area contributed by atoms with Crippen LogP contribution in [0.2, 0.25) is 0 Å². The summed E-state index contributed by atoms with van der Waals surface area (Å²) in [5, 5.41) is 18.3. The molecule has 0 fully saturated rings. The van der Waals surface area contributed by atoms with Crippen LogP contribution in [0, 0.1) is 17.6 Å². The summed E-state index contributed by atoms with van der Waals surface area (Å²) in [6, 6.07) is 1.61. The Kier molecular flexibility index (Phi) is 6.00. The molecule has 0 bridgehead atoms. The second-order valence-corrected chi connectivity index (χ2v) is 6.43. The molecule has 1 N–H and O–H groups in total. The van der Waals surface area contributed by atoms with Crippen molar-refractivity contribution < 1.29 is 14.3 Å². The largest absolute Gasteiger partial charge is 0.462 e. The minimum Gasteiger partial charge on any atom is -0.462 e. The molecular weight excluding hydrogens is 348 g/mol. The lowest BCUT2D eigenvalue weighted by molar-refractivity contribution is 0.0531. The van der Waals surface area contributed by atoms with E-state index in [2.05, 4.69) is 10.4 Å². The topological polar surface area (TPSA) is 97.0 Å². The van der Waals surface area contributed by atoms with Crippen molar-refractivity contribution >= 4 is 40.0 Å². The number of hydrogen-bond donors (Lipinski definition) is 1. The number of aromatic nitrogens is 2. The van der Waals surface area contributed by atoms with Gasteiger partial charge in [0.25, 0.3) is 5.91 Å². The average molecular weight is 364 g/mol. The molecule has 2 heterocycles. The maximum atomic E-state index is 12.5. The number of ether oxygens (including phenoxy) is 1. The first kappa shape index (κ1) is 18.0. The number of thiophene rings is 1. The Morgan fingerprint density at radius 3 is 2.88 bits per heavy atom. The van der Waals surface area contributed by atoms with Crippen LogP contribution in [0.4, 0.5) is 5.00 Å². The summed E-state index contributed by atoms with van der Waals surface area (Å²) >= 11 is 2.01. The van der Waals surface area contributed by atoms with E-state index in [0.717, 1.165) is 23.1 Å². The number of carbonyl (C=O) groups excluding carboxylic acids is 2. The standard InChI is InChI=1S/C15H16N4O3S2/c1-4-19-10(6-7-17-19)13(20)18-14-11(23-8-16)9(3)12(24-14)15(21)22-5-2/h6-7H,4-5H2,1-3H3,(H,18,20). The van der Waals surface area contributed by atoms with Gasteiger partial charge in [0.05, 0.1) is 11.5 Å². The summed E-state index contributed by atoms with van der Waals surface area (Å²) in [4.78, 5) is 25.4. The quantitative estimate of drug-likeness (QED) is 0.480. The van der Waals surface area contributed by atoms with Gasteiger partial charge in [-0.25, -0.2) is 4.79 Å². The number of nitriles is 1. The number of rotatable bonds is 6. The van der Waals surface area contributed by atoms with Crippen LogP contribution in [0.5, 0.6) is 0 Å². The lowest BCUT2D eigenvalue weighted by atomic mass is 10.3. The molecule has 126 valence electrons. The predicted octanol–water partition coefficient (Wildman–Crippen LogP) is 3.28. The molecule has 24 heavy (non-hydrogen) atoms. The van der Waals surface area contributed by atoms with Crippen molar-refractivity contribution in [2.45, 2.75) is 32.2 Å². The summed E-state index contributed by atoms with van der Waals surface area (Å²) < 4.78 is 6.59. The number of anilines is 1. The van der Waals surface area contributed by atoms with Gasteiger partial charge in [-0.3, -0.25) is 9.48 Å². The van der Waals surface area contributed by atoms with Crippen LogP contribution in [0.15, 0.2) is 17.2 Å². The second-order valence-electron chi connectivity index (χ2n) is 4.61. The van der Waals surface area contributed by atoms with Gasteiger partial charge in [-0.2, -0.15) is 10.4 Å². The number of thiocyanates is 1. The third-order valence-corrected chi connectivity index (χ3v) is 5.30. The third-order valence-electron chi connectivity index (χ3n) is 3.18. The highest BCUT2D eigenvalue weighted by Gasteiger charge is 2.23. The molecule has 0 saturated heterocycles.